The third-order valence-electron chi connectivity index (χ3n) is 5.32. The van der Waals surface area contributed by atoms with Crippen LogP contribution in [0.25, 0.3) is 0 Å². The Bertz CT molecular complexity index is 942. The second-order valence-corrected chi connectivity index (χ2v) is 7.53. The number of carbonyl (C=O) groups is 1. The number of methoxy groups -OCH3 is 1. The number of esters is 1. The zero-order chi connectivity index (χ0) is 21.6. The Morgan fingerprint density at radius 2 is 1.90 bits per heavy atom. The molecular weight excluding hydrogens is 398 g/mol. The molecule has 7 nitrogen and oxygen atoms in total. The molecule has 0 spiro atoms. The van der Waals surface area contributed by atoms with Gasteiger partial charge in [-0.2, -0.15) is 0 Å². The van der Waals surface area contributed by atoms with Crippen molar-refractivity contribution in [3.05, 3.63) is 70.9 Å². The van der Waals surface area contributed by atoms with Crippen LogP contribution in [0.1, 0.15) is 24.5 Å². The lowest BCUT2D eigenvalue weighted by Crippen LogP contribution is -2.38. The Labute approximate surface area is 181 Å². The summed E-state index contributed by atoms with van der Waals surface area (Å²) < 4.78 is 27.7. The fraction of sp³-hybridized carbons (Fsp3) is 0.375. The van der Waals surface area contributed by atoms with Gasteiger partial charge in [-0.3, -0.25) is 0 Å². The molecule has 2 aliphatic heterocycles. The molecule has 7 heteroatoms. The first-order valence-electron chi connectivity index (χ1n) is 10.3. The summed E-state index contributed by atoms with van der Waals surface area (Å²) in [6.45, 7) is 3.59. The van der Waals surface area contributed by atoms with E-state index in [1.807, 2.05) is 55.5 Å². The predicted octanol–water partition coefficient (Wildman–Crippen LogP) is 3.33. The van der Waals surface area contributed by atoms with Gasteiger partial charge < -0.3 is 29.0 Å². The van der Waals surface area contributed by atoms with Crippen LogP contribution in [0.5, 0.6) is 11.5 Å². The SMILES string of the molecule is COC(=O)C1=C(NCc2ccc3c(c2)OCO3)C[C@@H](COCc2ccccc2)O[C@H]1C. The van der Waals surface area contributed by atoms with Gasteiger partial charge in [-0.25, -0.2) is 4.79 Å². The fourth-order valence-electron chi connectivity index (χ4n) is 3.79. The zero-order valence-electron chi connectivity index (χ0n) is 17.8. The van der Waals surface area contributed by atoms with Crippen LogP contribution in [-0.4, -0.2) is 38.7 Å². The molecule has 2 aromatic rings. The lowest BCUT2D eigenvalue weighted by Gasteiger charge is -2.32. The highest BCUT2D eigenvalue weighted by Gasteiger charge is 2.32. The molecule has 31 heavy (non-hydrogen) atoms. The van der Waals surface area contributed by atoms with Crippen molar-refractivity contribution < 1.29 is 28.5 Å². The topological polar surface area (TPSA) is 75.3 Å². The second-order valence-electron chi connectivity index (χ2n) is 7.53. The normalized spacial score (nSPS) is 19.9. The van der Waals surface area contributed by atoms with Gasteiger partial charge in [0, 0.05) is 18.7 Å². The number of rotatable bonds is 8. The molecule has 0 unspecified atom stereocenters. The highest BCUT2D eigenvalue weighted by atomic mass is 16.7. The van der Waals surface area contributed by atoms with Gasteiger partial charge in [0.25, 0.3) is 0 Å². The van der Waals surface area contributed by atoms with Crippen molar-refractivity contribution in [2.45, 2.75) is 38.7 Å². The Kier molecular flexibility index (Phi) is 6.74. The van der Waals surface area contributed by atoms with Crippen LogP contribution in [0, 0.1) is 0 Å². The number of nitrogens with one attached hydrogen (secondary N) is 1. The van der Waals surface area contributed by atoms with Gasteiger partial charge in [-0.15, -0.1) is 0 Å². The highest BCUT2D eigenvalue weighted by Crippen LogP contribution is 2.33. The van der Waals surface area contributed by atoms with Gasteiger partial charge >= 0.3 is 5.97 Å². The summed E-state index contributed by atoms with van der Waals surface area (Å²) in [4.78, 5) is 12.4. The smallest absolute Gasteiger partial charge is 0.338 e. The fourth-order valence-corrected chi connectivity index (χ4v) is 3.79. The van der Waals surface area contributed by atoms with E-state index in [0.29, 0.717) is 31.8 Å². The van der Waals surface area contributed by atoms with Crippen molar-refractivity contribution in [2.24, 2.45) is 0 Å². The molecule has 0 aromatic heterocycles. The number of hydrogen-bond acceptors (Lipinski definition) is 7. The Balaban J connectivity index is 1.41. The number of fused-ring (bicyclic) bond motifs is 1. The summed E-state index contributed by atoms with van der Waals surface area (Å²) in [7, 11) is 1.38. The van der Waals surface area contributed by atoms with Gasteiger partial charge in [0.15, 0.2) is 11.5 Å². The van der Waals surface area contributed by atoms with Gasteiger partial charge in [0.05, 0.1) is 38.1 Å². The summed E-state index contributed by atoms with van der Waals surface area (Å²) >= 11 is 0. The minimum atomic E-state index is -0.397. The molecule has 2 atom stereocenters. The minimum Gasteiger partial charge on any atom is -0.466 e. The number of carbonyl (C=O) groups excluding carboxylic acids is 1. The molecule has 1 N–H and O–H groups in total. The van der Waals surface area contributed by atoms with E-state index in [-0.39, 0.29) is 18.9 Å². The third-order valence-corrected chi connectivity index (χ3v) is 5.32. The molecule has 0 fully saturated rings. The number of benzene rings is 2. The maximum atomic E-state index is 12.4. The number of ether oxygens (including phenoxy) is 5. The first kappa shape index (κ1) is 21.2. The summed E-state index contributed by atoms with van der Waals surface area (Å²) in [5.74, 6) is 1.09. The number of hydrogen-bond donors (Lipinski definition) is 1. The van der Waals surface area contributed by atoms with E-state index in [0.717, 1.165) is 28.3 Å². The van der Waals surface area contributed by atoms with Crippen molar-refractivity contribution in [3.63, 3.8) is 0 Å². The first-order valence-corrected chi connectivity index (χ1v) is 10.3. The lowest BCUT2D eigenvalue weighted by molar-refractivity contribution is -0.139. The molecule has 2 heterocycles. The van der Waals surface area contributed by atoms with E-state index in [9.17, 15) is 4.79 Å². The average molecular weight is 425 g/mol. The summed E-state index contributed by atoms with van der Waals surface area (Å²) in [5, 5.41) is 3.41. The van der Waals surface area contributed by atoms with Gasteiger partial charge in [-0.1, -0.05) is 36.4 Å². The molecule has 0 saturated heterocycles. The van der Waals surface area contributed by atoms with Crippen LogP contribution in [-0.2, 0) is 32.2 Å². The average Bonchev–Trinajstić information content (AvgIpc) is 3.26. The van der Waals surface area contributed by atoms with Gasteiger partial charge in [0.2, 0.25) is 6.79 Å². The maximum absolute atomic E-state index is 12.4. The van der Waals surface area contributed by atoms with E-state index >= 15 is 0 Å². The molecule has 0 amide bonds. The predicted molar refractivity (Wildman–Crippen MR) is 113 cm³/mol. The summed E-state index contributed by atoms with van der Waals surface area (Å²) in [6.07, 6.45) is -0.0224. The Morgan fingerprint density at radius 1 is 1.10 bits per heavy atom. The van der Waals surface area contributed by atoms with Crippen LogP contribution >= 0.6 is 0 Å². The largest absolute Gasteiger partial charge is 0.466 e. The molecule has 2 aliphatic rings. The van der Waals surface area contributed by atoms with Crippen molar-refractivity contribution in [3.8, 4) is 11.5 Å². The molecule has 0 bridgehead atoms. The first-order chi connectivity index (χ1) is 15.1. The van der Waals surface area contributed by atoms with Gasteiger partial charge in [-0.05, 0) is 30.2 Å². The Hall–Kier alpha value is -3.03. The van der Waals surface area contributed by atoms with Crippen molar-refractivity contribution >= 4 is 5.97 Å². The van der Waals surface area contributed by atoms with E-state index in [4.69, 9.17) is 23.7 Å². The zero-order valence-corrected chi connectivity index (χ0v) is 17.8. The van der Waals surface area contributed by atoms with E-state index < -0.39 is 6.10 Å². The van der Waals surface area contributed by atoms with Crippen LogP contribution in [0.15, 0.2) is 59.8 Å². The maximum Gasteiger partial charge on any atom is 0.338 e. The third kappa shape index (κ3) is 5.18. The molecule has 0 aliphatic carbocycles. The van der Waals surface area contributed by atoms with Gasteiger partial charge in [0.1, 0.15) is 0 Å². The van der Waals surface area contributed by atoms with E-state index in [1.165, 1.54) is 7.11 Å². The lowest BCUT2D eigenvalue weighted by atomic mass is 9.99. The molecular formula is C24H27NO6. The van der Waals surface area contributed by atoms with Crippen molar-refractivity contribution in [2.75, 3.05) is 20.5 Å². The van der Waals surface area contributed by atoms with Crippen LogP contribution in [0.4, 0.5) is 0 Å². The summed E-state index contributed by atoms with van der Waals surface area (Å²) in [5.41, 5.74) is 3.47. The molecule has 0 radical (unpaired) electrons. The molecule has 2 aromatic carbocycles. The second kappa shape index (κ2) is 9.85. The minimum absolute atomic E-state index is 0.161. The van der Waals surface area contributed by atoms with Crippen LogP contribution in [0.3, 0.4) is 0 Å². The Morgan fingerprint density at radius 3 is 2.71 bits per heavy atom. The van der Waals surface area contributed by atoms with Crippen molar-refractivity contribution in [1.82, 2.24) is 5.32 Å². The van der Waals surface area contributed by atoms with Crippen molar-refractivity contribution in [1.29, 1.82) is 0 Å². The van der Waals surface area contributed by atoms with E-state index in [1.54, 1.807) is 0 Å². The molecule has 0 saturated carbocycles. The highest BCUT2D eigenvalue weighted by molar-refractivity contribution is 5.90. The van der Waals surface area contributed by atoms with E-state index in [2.05, 4.69) is 5.32 Å². The standard InChI is InChI=1S/C24H27NO6/c1-16-23(24(26)27-2)20(25-12-18-8-9-21-22(10-18)30-15-29-21)11-19(31-16)14-28-13-17-6-4-3-5-7-17/h3-10,16,19,25H,11-15H2,1-2H3/t16-,19-/m0/s1. The van der Waals surface area contributed by atoms with Crippen LogP contribution < -0.4 is 14.8 Å². The molecule has 164 valence electrons. The monoisotopic (exact) mass is 425 g/mol. The van der Waals surface area contributed by atoms with Crippen LogP contribution in [0.2, 0.25) is 0 Å². The quantitative estimate of drug-likeness (QED) is 0.650. The molecule has 4 rings (SSSR count). The summed E-state index contributed by atoms with van der Waals surface area (Å²) in [6, 6.07) is 15.8.